The molecule has 0 spiro atoms. The van der Waals surface area contributed by atoms with Gasteiger partial charge in [0.2, 0.25) is 5.91 Å². The first-order valence-electron chi connectivity index (χ1n) is 13.0. The number of ketones is 1. The second kappa shape index (κ2) is 12.4. The molecule has 0 saturated carbocycles. The number of nitrogens with zero attached hydrogens (tertiary/aromatic N) is 1. The summed E-state index contributed by atoms with van der Waals surface area (Å²) in [6.45, 7) is 3.27. The predicted octanol–water partition coefficient (Wildman–Crippen LogP) is 5.10. The molecule has 2 unspecified atom stereocenters. The first-order valence-corrected chi connectivity index (χ1v) is 13.4. The predicted molar refractivity (Wildman–Crippen MR) is 157 cm³/mol. The second-order valence-corrected chi connectivity index (χ2v) is 10.5. The third kappa shape index (κ3) is 6.66. The summed E-state index contributed by atoms with van der Waals surface area (Å²) in [4.78, 5) is 51.7. The Morgan fingerprint density at radius 1 is 1.07 bits per heavy atom. The number of esters is 1. The molecule has 1 aromatic heterocycles. The molecule has 0 saturated heterocycles. The van der Waals surface area contributed by atoms with Crippen LogP contribution in [0.25, 0.3) is 11.1 Å². The third-order valence-electron chi connectivity index (χ3n) is 7.03. The number of hydrogen-bond donors (Lipinski definition) is 1. The van der Waals surface area contributed by atoms with Gasteiger partial charge in [-0.1, -0.05) is 54.1 Å². The first kappa shape index (κ1) is 29.6. The largest absolute Gasteiger partial charge is 0.495 e. The number of carbonyl (C=O) groups is 3. The van der Waals surface area contributed by atoms with Gasteiger partial charge in [-0.3, -0.25) is 19.0 Å². The van der Waals surface area contributed by atoms with Crippen LogP contribution < -0.4 is 15.6 Å². The van der Waals surface area contributed by atoms with Crippen LogP contribution in [-0.2, 0) is 20.7 Å². The van der Waals surface area contributed by atoms with Crippen molar-refractivity contribution >= 4 is 29.3 Å². The number of hydrogen-bond acceptors (Lipinski definition) is 6. The Kier molecular flexibility index (Phi) is 8.93. The van der Waals surface area contributed by atoms with Crippen molar-refractivity contribution in [3.05, 3.63) is 111 Å². The minimum absolute atomic E-state index is 0.192. The average molecular weight is 575 g/mol. The summed E-state index contributed by atoms with van der Waals surface area (Å²) in [6, 6.07) is 14.6. The number of carbonyl (C=O) groups excluding carboxylic acids is 3. The average Bonchev–Trinajstić information content (AvgIpc) is 2.96. The van der Waals surface area contributed by atoms with Gasteiger partial charge in [0.1, 0.15) is 11.8 Å². The van der Waals surface area contributed by atoms with E-state index < -0.39 is 23.1 Å². The second-order valence-electron chi connectivity index (χ2n) is 10.0. The molecule has 212 valence electrons. The van der Waals surface area contributed by atoms with E-state index in [1.807, 2.05) is 37.3 Å². The van der Waals surface area contributed by atoms with Crippen molar-refractivity contribution in [2.45, 2.75) is 38.3 Å². The quantitative estimate of drug-likeness (QED) is 0.282. The molecule has 0 radical (unpaired) electrons. The Morgan fingerprint density at radius 3 is 2.41 bits per heavy atom. The van der Waals surface area contributed by atoms with E-state index in [2.05, 4.69) is 5.32 Å². The van der Waals surface area contributed by atoms with Gasteiger partial charge in [0.05, 0.1) is 31.5 Å². The highest BCUT2D eigenvalue weighted by Crippen LogP contribution is 2.34. The van der Waals surface area contributed by atoms with Crippen molar-refractivity contribution in [3.8, 4) is 16.9 Å². The number of rotatable bonds is 9. The van der Waals surface area contributed by atoms with E-state index in [0.29, 0.717) is 39.5 Å². The van der Waals surface area contributed by atoms with E-state index in [-0.39, 0.29) is 18.1 Å². The molecule has 4 rings (SSSR count). The number of Topliss-reactive ketones (excluding diaryl/α,β-unsaturated/α-hetero) is 1. The molecule has 2 atom stereocenters. The maximum atomic E-state index is 13.9. The number of benzene rings is 2. The van der Waals surface area contributed by atoms with Crippen LogP contribution in [0.2, 0.25) is 5.02 Å². The Balaban J connectivity index is 1.76. The van der Waals surface area contributed by atoms with Crippen LogP contribution in [0.5, 0.6) is 5.75 Å². The van der Waals surface area contributed by atoms with Gasteiger partial charge in [-0.25, -0.2) is 4.79 Å². The molecule has 8 nitrogen and oxygen atoms in total. The van der Waals surface area contributed by atoms with Crippen LogP contribution in [0.1, 0.15) is 42.2 Å². The van der Waals surface area contributed by atoms with Gasteiger partial charge in [-0.2, -0.15) is 0 Å². The zero-order valence-corrected chi connectivity index (χ0v) is 24.0. The zero-order valence-electron chi connectivity index (χ0n) is 23.3. The molecule has 1 amide bonds. The topological polar surface area (TPSA) is 104 Å². The molecular weight excluding hydrogens is 544 g/mol. The van der Waals surface area contributed by atoms with Gasteiger partial charge < -0.3 is 14.8 Å². The van der Waals surface area contributed by atoms with Crippen molar-refractivity contribution < 1.29 is 23.9 Å². The summed E-state index contributed by atoms with van der Waals surface area (Å²) < 4.78 is 11.8. The lowest BCUT2D eigenvalue weighted by atomic mass is 9.89. The minimum Gasteiger partial charge on any atom is -0.495 e. The molecule has 41 heavy (non-hydrogen) atoms. The molecule has 1 N–H and O–H groups in total. The lowest BCUT2D eigenvalue weighted by Gasteiger charge is -2.31. The number of ether oxygens (including phenoxy) is 2. The van der Waals surface area contributed by atoms with Crippen LogP contribution >= 0.6 is 11.6 Å². The number of amides is 1. The third-order valence-corrected chi connectivity index (χ3v) is 7.27. The molecule has 0 bridgehead atoms. The van der Waals surface area contributed by atoms with Gasteiger partial charge in [0.25, 0.3) is 5.56 Å². The Hall–Kier alpha value is -4.43. The normalized spacial score (nSPS) is 16.9. The summed E-state index contributed by atoms with van der Waals surface area (Å²) in [5.74, 6) is -0.736. The zero-order chi connectivity index (χ0) is 29.7. The van der Waals surface area contributed by atoms with E-state index in [4.69, 9.17) is 21.1 Å². The molecular formula is C32H31ClN2O6. The minimum atomic E-state index is -0.935. The van der Waals surface area contributed by atoms with Crippen molar-refractivity contribution in [2.75, 3.05) is 14.2 Å². The smallest absolute Gasteiger partial charge is 0.337 e. The number of pyridine rings is 1. The van der Waals surface area contributed by atoms with Crippen LogP contribution in [0.3, 0.4) is 0 Å². The number of halogens is 1. The Morgan fingerprint density at radius 2 is 1.80 bits per heavy atom. The SMILES string of the molecule is COC(=O)C1=CCC(C)(NC(=O)C(Cc2ccccc2)n2cc(OC)c(-c3cc(Cl)ccc3C(C)=O)cc2=O)C=C1. The fourth-order valence-corrected chi connectivity index (χ4v) is 4.98. The summed E-state index contributed by atoms with van der Waals surface area (Å²) in [5.41, 5.74) is 1.25. The highest BCUT2D eigenvalue weighted by Gasteiger charge is 2.31. The Bertz CT molecular complexity index is 1610. The number of nitrogens with one attached hydrogen (secondary N) is 1. The first-order chi connectivity index (χ1) is 19.5. The Labute approximate surface area is 243 Å². The van der Waals surface area contributed by atoms with Crippen molar-refractivity contribution in [3.63, 3.8) is 0 Å². The van der Waals surface area contributed by atoms with Gasteiger partial charge in [0.15, 0.2) is 5.78 Å². The molecule has 9 heteroatoms. The molecule has 1 aliphatic carbocycles. The van der Waals surface area contributed by atoms with Crippen LogP contribution in [0, 0.1) is 0 Å². The number of aromatic nitrogens is 1. The van der Waals surface area contributed by atoms with Crippen LogP contribution in [-0.4, -0.2) is 42.0 Å². The van der Waals surface area contributed by atoms with Gasteiger partial charge in [-0.15, -0.1) is 0 Å². The van der Waals surface area contributed by atoms with Crippen LogP contribution in [0.4, 0.5) is 0 Å². The lowest BCUT2D eigenvalue weighted by Crippen LogP contribution is -2.49. The van der Waals surface area contributed by atoms with E-state index in [9.17, 15) is 19.2 Å². The van der Waals surface area contributed by atoms with E-state index in [1.165, 1.54) is 38.0 Å². The fraction of sp³-hybridized carbons (Fsp3) is 0.250. The molecule has 1 aliphatic rings. The molecule has 0 fully saturated rings. The van der Waals surface area contributed by atoms with Crippen molar-refractivity contribution in [1.82, 2.24) is 9.88 Å². The molecule has 0 aliphatic heterocycles. The number of methoxy groups -OCH3 is 2. The van der Waals surface area contributed by atoms with E-state index >= 15 is 0 Å². The summed E-state index contributed by atoms with van der Waals surface area (Å²) >= 11 is 6.24. The van der Waals surface area contributed by atoms with Gasteiger partial charge >= 0.3 is 5.97 Å². The maximum absolute atomic E-state index is 13.9. The van der Waals surface area contributed by atoms with Gasteiger partial charge in [-0.05, 0) is 55.7 Å². The van der Waals surface area contributed by atoms with Crippen LogP contribution in [0.15, 0.2) is 89.4 Å². The highest BCUT2D eigenvalue weighted by atomic mass is 35.5. The summed E-state index contributed by atoms with van der Waals surface area (Å²) in [5, 5.41) is 3.45. The summed E-state index contributed by atoms with van der Waals surface area (Å²) in [6.07, 6.45) is 7.14. The monoisotopic (exact) mass is 574 g/mol. The maximum Gasteiger partial charge on any atom is 0.337 e. The van der Waals surface area contributed by atoms with E-state index in [1.54, 1.807) is 36.4 Å². The summed E-state index contributed by atoms with van der Waals surface area (Å²) in [7, 11) is 2.77. The fourth-order valence-electron chi connectivity index (χ4n) is 4.80. The lowest BCUT2D eigenvalue weighted by molar-refractivity contribution is -0.135. The molecule has 3 aromatic rings. The van der Waals surface area contributed by atoms with Gasteiger partial charge in [0, 0.05) is 28.6 Å². The molecule has 2 aromatic carbocycles. The van der Waals surface area contributed by atoms with E-state index in [0.717, 1.165) is 5.56 Å². The standard InChI is InChI=1S/C32H31ClN2O6/c1-20(36)24-11-10-23(33)17-25(24)26-18-29(37)35(19-28(26)40-3)27(16-21-8-6-5-7-9-21)30(38)34-32(2)14-12-22(13-15-32)31(39)41-4/h5-14,17-19,27H,15-16H2,1-4H3,(H,34,38). The van der Waals surface area contributed by atoms with Crippen molar-refractivity contribution in [2.24, 2.45) is 0 Å². The van der Waals surface area contributed by atoms with Crippen molar-refractivity contribution in [1.29, 1.82) is 0 Å². The highest BCUT2D eigenvalue weighted by molar-refractivity contribution is 6.31. The molecule has 1 heterocycles.